The maximum absolute atomic E-state index is 11.3. The highest BCUT2D eigenvalue weighted by Gasteiger charge is 2.14. The first-order chi connectivity index (χ1) is 11.7. The third kappa shape index (κ3) is 7.04. The molecule has 0 aliphatic carbocycles. The fraction of sp³-hybridized carbons (Fsp3) is 0.214. The number of anilines is 1. The molecule has 134 valence electrons. The number of hydrogen-bond donors (Lipinski definition) is 1. The number of non-ortho nitro benzene ring substituents is 1. The van der Waals surface area contributed by atoms with E-state index >= 15 is 0 Å². The van der Waals surface area contributed by atoms with E-state index in [1.165, 1.54) is 28.4 Å². The Morgan fingerprint density at radius 2 is 2.08 bits per heavy atom. The summed E-state index contributed by atoms with van der Waals surface area (Å²) in [6.07, 6.45) is 0.750. The summed E-state index contributed by atoms with van der Waals surface area (Å²) in [4.78, 5) is 35.4. The van der Waals surface area contributed by atoms with E-state index in [2.05, 4.69) is 10.3 Å². The van der Waals surface area contributed by atoms with E-state index in [-0.39, 0.29) is 5.69 Å². The van der Waals surface area contributed by atoms with Crippen LogP contribution in [0.15, 0.2) is 29.6 Å². The molecule has 2 aromatic rings. The maximum Gasteiger partial charge on any atom is 0.270 e. The molecule has 1 aromatic heterocycles. The molecule has 0 fully saturated rings. The van der Waals surface area contributed by atoms with Crippen molar-refractivity contribution in [3.63, 3.8) is 0 Å². The van der Waals surface area contributed by atoms with Gasteiger partial charge in [-0.25, -0.2) is 4.98 Å². The molecule has 1 N–H and O–H groups in total. The number of nitrogens with one attached hydrogen (secondary N) is 1. The van der Waals surface area contributed by atoms with Crippen molar-refractivity contribution in [1.29, 1.82) is 0 Å². The predicted octanol–water partition coefficient (Wildman–Crippen LogP) is 3.16. The molecule has 11 heteroatoms. The molecule has 0 saturated heterocycles. The molecule has 0 spiro atoms. The summed E-state index contributed by atoms with van der Waals surface area (Å²) in [5, 5.41) is 15.1. The zero-order valence-corrected chi connectivity index (χ0v) is 15.5. The molecule has 2 amide bonds. The van der Waals surface area contributed by atoms with E-state index in [0.29, 0.717) is 16.4 Å². The van der Waals surface area contributed by atoms with Crippen molar-refractivity contribution >= 4 is 57.7 Å². The van der Waals surface area contributed by atoms with Crippen LogP contribution in [0.3, 0.4) is 0 Å². The van der Waals surface area contributed by atoms with Crippen LogP contribution < -0.4 is 5.32 Å². The number of alkyl halides is 2. The Hall–Kier alpha value is -2.23. The van der Waals surface area contributed by atoms with Gasteiger partial charge in [0.05, 0.1) is 10.6 Å². The van der Waals surface area contributed by atoms with Crippen molar-refractivity contribution < 1.29 is 14.5 Å². The van der Waals surface area contributed by atoms with Gasteiger partial charge in [0.25, 0.3) is 11.6 Å². The van der Waals surface area contributed by atoms with Crippen LogP contribution in [0, 0.1) is 10.1 Å². The van der Waals surface area contributed by atoms with Crippen molar-refractivity contribution in [2.75, 3.05) is 19.4 Å². The van der Waals surface area contributed by atoms with Crippen LogP contribution in [0.2, 0.25) is 0 Å². The highest BCUT2D eigenvalue weighted by Crippen LogP contribution is 2.27. The second-order valence-corrected chi connectivity index (χ2v) is 6.66. The molecule has 0 saturated carbocycles. The smallest absolute Gasteiger partial charge is 0.270 e. The number of amides is 2. The Kier molecular flexibility index (Phi) is 8.26. The van der Waals surface area contributed by atoms with Gasteiger partial charge in [-0.15, -0.1) is 11.3 Å². The first-order valence-electron chi connectivity index (χ1n) is 6.65. The second kappa shape index (κ2) is 9.92. The minimum Gasteiger partial charge on any atom is -0.351 e. The number of hydrogen-bond acceptors (Lipinski definition) is 6. The van der Waals surface area contributed by atoms with Gasteiger partial charge in [-0.3, -0.25) is 25.0 Å². The van der Waals surface area contributed by atoms with Gasteiger partial charge in [-0.05, 0) is 0 Å². The van der Waals surface area contributed by atoms with Gasteiger partial charge in [0.2, 0.25) is 6.41 Å². The third-order valence-electron chi connectivity index (χ3n) is 2.50. The van der Waals surface area contributed by atoms with Gasteiger partial charge in [0.1, 0.15) is 0 Å². The third-order valence-corrected chi connectivity index (χ3v) is 3.65. The SMILES string of the molecule is CN(C)C=O.O=C(Nc1nc(-c2cccc([N+](=O)[O-])c2)cs1)C(Cl)Cl. The number of nitrogens with zero attached hydrogens (tertiary/aromatic N) is 3. The summed E-state index contributed by atoms with van der Waals surface area (Å²) in [6, 6.07) is 6.06. The lowest BCUT2D eigenvalue weighted by atomic mass is 10.1. The largest absolute Gasteiger partial charge is 0.351 e. The minimum absolute atomic E-state index is 0.0253. The summed E-state index contributed by atoms with van der Waals surface area (Å²) in [5.41, 5.74) is 1.08. The molecule has 0 bridgehead atoms. The molecule has 0 radical (unpaired) electrons. The Bertz CT molecular complexity index is 752. The van der Waals surface area contributed by atoms with E-state index < -0.39 is 15.7 Å². The number of carbonyl (C=O) groups is 2. The lowest BCUT2D eigenvalue weighted by Gasteiger charge is -2.00. The van der Waals surface area contributed by atoms with Gasteiger partial charge >= 0.3 is 0 Å². The number of thiazole rings is 1. The topological polar surface area (TPSA) is 105 Å². The van der Waals surface area contributed by atoms with E-state index in [0.717, 1.165) is 6.41 Å². The average Bonchev–Trinajstić information content (AvgIpc) is 3.03. The molecular formula is C14H14Cl2N4O4S. The number of halogens is 2. The normalized spacial score (nSPS) is 9.80. The van der Waals surface area contributed by atoms with E-state index in [1.54, 1.807) is 31.6 Å². The quantitative estimate of drug-likeness (QED) is 0.356. The Morgan fingerprint density at radius 3 is 2.60 bits per heavy atom. The number of nitro benzene ring substituents is 1. The molecule has 2 rings (SSSR count). The monoisotopic (exact) mass is 404 g/mol. The predicted molar refractivity (Wildman–Crippen MR) is 98.1 cm³/mol. The van der Waals surface area contributed by atoms with Crippen molar-refractivity contribution in [3.8, 4) is 11.3 Å². The first-order valence-corrected chi connectivity index (χ1v) is 8.41. The van der Waals surface area contributed by atoms with Gasteiger partial charge in [-0.2, -0.15) is 0 Å². The number of nitro groups is 1. The molecule has 0 unspecified atom stereocenters. The lowest BCUT2D eigenvalue weighted by Crippen LogP contribution is -2.18. The molecule has 0 atom stereocenters. The van der Waals surface area contributed by atoms with Crippen molar-refractivity contribution in [2.45, 2.75) is 4.84 Å². The summed E-state index contributed by atoms with van der Waals surface area (Å²) in [5.74, 6) is -0.576. The Balaban J connectivity index is 0.000000550. The average molecular weight is 405 g/mol. The van der Waals surface area contributed by atoms with Crippen LogP contribution >= 0.6 is 34.5 Å². The van der Waals surface area contributed by atoms with E-state index in [1.807, 2.05) is 0 Å². The zero-order valence-electron chi connectivity index (χ0n) is 13.2. The van der Waals surface area contributed by atoms with Crippen LogP contribution in [0.5, 0.6) is 0 Å². The van der Waals surface area contributed by atoms with E-state index in [4.69, 9.17) is 23.2 Å². The van der Waals surface area contributed by atoms with Crippen molar-refractivity contribution in [1.82, 2.24) is 9.88 Å². The molecule has 0 aliphatic heterocycles. The van der Waals surface area contributed by atoms with Gasteiger partial charge in [0.15, 0.2) is 9.97 Å². The minimum atomic E-state index is -1.18. The van der Waals surface area contributed by atoms with Crippen molar-refractivity contribution in [3.05, 3.63) is 39.8 Å². The van der Waals surface area contributed by atoms with Crippen LogP contribution in [0.1, 0.15) is 0 Å². The van der Waals surface area contributed by atoms with Crippen LogP contribution in [0.4, 0.5) is 10.8 Å². The molecule has 1 heterocycles. The number of rotatable bonds is 5. The first kappa shape index (κ1) is 20.8. The molecule has 25 heavy (non-hydrogen) atoms. The highest BCUT2D eigenvalue weighted by atomic mass is 35.5. The lowest BCUT2D eigenvalue weighted by molar-refractivity contribution is -0.384. The van der Waals surface area contributed by atoms with Crippen LogP contribution in [-0.4, -0.2) is 46.1 Å². The summed E-state index contributed by atoms with van der Waals surface area (Å²) < 4.78 is 0. The number of benzene rings is 1. The van der Waals surface area contributed by atoms with Gasteiger partial charge in [-0.1, -0.05) is 35.3 Å². The zero-order chi connectivity index (χ0) is 19.0. The fourth-order valence-corrected chi connectivity index (χ4v) is 2.23. The maximum atomic E-state index is 11.3. The van der Waals surface area contributed by atoms with Crippen molar-refractivity contribution in [2.24, 2.45) is 0 Å². The molecule has 0 aliphatic rings. The molecular weight excluding hydrogens is 391 g/mol. The highest BCUT2D eigenvalue weighted by molar-refractivity contribution is 7.14. The number of aromatic nitrogens is 1. The van der Waals surface area contributed by atoms with E-state index in [9.17, 15) is 19.7 Å². The summed E-state index contributed by atoms with van der Waals surface area (Å²) >= 11 is 12.0. The molecule has 8 nitrogen and oxygen atoms in total. The molecule has 1 aromatic carbocycles. The van der Waals surface area contributed by atoms with Crippen LogP contribution in [-0.2, 0) is 9.59 Å². The second-order valence-electron chi connectivity index (χ2n) is 4.70. The Morgan fingerprint density at radius 1 is 1.44 bits per heavy atom. The summed E-state index contributed by atoms with van der Waals surface area (Å²) in [6.45, 7) is 0. The van der Waals surface area contributed by atoms with Gasteiger partial charge in [0, 0.05) is 37.2 Å². The Labute approximate surface area is 157 Å². The summed E-state index contributed by atoms with van der Waals surface area (Å²) in [7, 11) is 3.38. The number of carbonyl (C=O) groups excluding carboxylic acids is 2. The van der Waals surface area contributed by atoms with Crippen LogP contribution in [0.25, 0.3) is 11.3 Å². The fourth-order valence-electron chi connectivity index (χ4n) is 1.40. The standard InChI is InChI=1S/C11H7Cl2N3O3S.C3H7NO/c12-9(13)10(17)15-11-14-8(5-20-11)6-2-1-3-7(4-6)16(18)19;1-4(2)3-5/h1-5,9H,(H,14,15,17);3H,1-2H3. The van der Waals surface area contributed by atoms with Gasteiger partial charge < -0.3 is 4.90 Å².